The van der Waals surface area contributed by atoms with Crippen molar-refractivity contribution in [1.29, 1.82) is 0 Å². The Morgan fingerprint density at radius 3 is 2.64 bits per heavy atom. The van der Waals surface area contributed by atoms with Crippen molar-refractivity contribution in [1.82, 2.24) is 0 Å². The summed E-state index contributed by atoms with van der Waals surface area (Å²) in [6, 6.07) is 10.1. The van der Waals surface area contributed by atoms with Crippen LogP contribution in [0.25, 0.3) is 0 Å². The maximum Gasteiger partial charge on any atom is 0.333 e. The summed E-state index contributed by atoms with van der Waals surface area (Å²) in [5, 5.41) is 0. The van der Waals surface area contributed by atoms with Crippen molar-refractivity contribution < 1.29 is 9.53 Å². The molecular weight excluding hydrogens is 176 g/mol. The molecule has 0 aromatic heterocycles. The molecule has 1 atom stereocenters. The van der Waals surface area contributed by atoms with E-state index in [1.54, 1.807) is 0 Å². The SMILES string of the molecule is C=C1C(=O)OC[C@@H]1Cc1ccccc1. The smallest absolute Gasteiger partial charge is 0.333 e. The number of hydrogen-bond donors (Lipinski definition) is 0. The summed E-state index contributed by atoms with van der Waals surface area (Å²) in [4.78, 5) is 11.1. The zero-order valence-electron chi connectivity index (χ0n) is 7.90. The Bertz CT molecular complexity index is 354. The molecule has 1 aromatic rings. The second-order valence-electron chi connectivity index (χ2n) is 3.51. The van der Waals surface area contributed by atoms with Gasteiger partial charge >= 0.3 is 5.97 Å². The topological polar surface area (TPSA) is 26.3 Å². The summed E-state index contributed by atoms with van der Waals surface area (Å²) >= 11 is 0. The van der Waals surface area contributed by atoms with Gasteiger partial charge in [0.1, 0.15) is 0 Å². The van der Waals surface area contributed by atoms with Gasteiger partial charge in [-0.2, -0.15) is 0 Å². The lowest BCUT2D eigenvalue weighted by Crippen LogP contribution is -2.06. The summed E-state index contributed by atoms with van der Waals surface area (Å²) in [5.74, 6) is -0.0872. The van der Waals surface area contributed by atoms with Crippen LogP contribution in [-0.4, -0.2) is 12.6 Å². The van der Waals surface area contributed by atoms with Gasteiger partial charge in [0, 0.05) is 11.5 Å². The third-order valence-electron chi connectivity index (χ3n) is 2.50. The first-order chi connectivity index (χ1) is 6.77. The van der Waals surface area contributed by atoms with E-state index in [-0.39, 0.29) is 11.9 Å². The molecule has 0 spiro atoms. The molecule has 2 heteroatoms. The lowest BCUT2D eigenvalue weighted by Gasteiger charge is -2.06. The van der Waals surface area contributed by atoms with Gasteiger partial charge < -0.3 is 4.74 Å². The molecule has 2 rings (SSSR count). The zero-order chi connectivity index (χ0) is 9.97. The van der Waals surface area contributed by atoms with Crippen LogP contribution in [0.1, 0.15) is 5.56 Å². The number of benzene rings is 1. The van der Waals surface area contributed by atoms with Crippen molar-refractivity contribution in [2.24, 2.45) is 5.92 Å². The third kappa shape index (κ3) is 1.69. The molecule has 0 N–H and O–H groups in total. The normalized spacial score (nSPS) is 21.0. The largest absolute Gasteiger partial charge is 0.462 e. The number of esters is 1. The van der Waals surface area contributed by atoms with Crippen molar-refractivity contribution in [3.05, 3.63) is 48.0 Å². The molecule has 1 aliphatic rings. The Kier molecular flexibility index (Phi) is 2.35. The van der Waals surface area contributed by atoms with Gasteiger partial charge in [0.15, 0.2) is 0 Å². The molecule has 1 fully saturated rings. The van der Waals surface area contributed by atoms with Crippen molar-refractivity contribution in [2.45, 2.75) is 6.42 Å². The number of cyclic esters (lactones) is 1. The fourth-order valence-corrected chi connectivity index (χ4v) is 1.62. The second kappa shape index (κ2) is 3.66. The van der Waals surface area contributed by atoms with Crippen LogP contribution in [0, 0.1) is 5.92 Å². The van der Waals surface area contributed by atoms with Crippen LogP contribution in [0.2, 0.25) is 0 Å². The van der Waals surface area contributed by atoms with Gasteiger partial charge in [0.25, 0.3) is 0 Å². The van der Waals surface area contributed by atoms with E-state index in [0.29, 0.717) is 12.2 Å². The van der Waals surface area contributed by atoms with Crippen molar-refractivity contribution in [3.63, 3.8) is 0 Å². The lowest BCUT2D eigenvalue weighted by atomic mass is 9.95. The monoisotopic (exact) mass is 188 g/mol. The third-order valence-corrected chi connectivity index (χ3v) is 2.50. The van der Waals surface area contributed by atoms with Crippen molar-refractivity contribution >= 4 is 5.97 Å². The van der Waals surface area contributed by atoms with Crippen LogP contribution in [0.3, 0.4) is 0 Å². The van der Waals surface area contributed by atoms with E-state index in [0.717, 1.165) is 6.42 Å². The highest BCUT2D eigenvalue weighted by Gasteiger charge is 2.28. The number of ether oxygens (including phenoxy) is 1. The zero-order valence-corrected chi connectivity index (χ0v) is 7.90. The molecule has 1 heterocycles. The number of rotatable bonds is 2. The Hall–Kier alpha value is -1.57. The van der Waals surface area contributed by atoms with Gasteiger partial charge in [-0.1, -0.05) is 36.9 Å². The Morgan fingerprint density at radius 2 is 2.07 bits per heavy atom. The molecule has 2 nitrogen and oxygen atoms in total. The van der Waals surface area contributed by atoms with Crippen molar-refractivity contribution in [3.8, 4) is 0 Å². The van der Waals surface area contributed by atoms with Crippen LogP contribution < -0.4 is 0 Å². The predicted octanol–water partition coefficient (Wildman–Crippen LogP) is 1.96. The number of carbonyl (C=O) groups excluding carboxylic acids is 1. The minimum atomic E-state index is -0.245. The quantitative estimate of drug-likeness (QED) is 0.524. The highest BCUT2D eigenvalue weighted by atomic mass is 16.5. The fourth-order valence-electron chi connectivity index (χ4n) is 1.62. The molecule has 0 saturated carbocycles. The second-order valence-corrected chi connectivity index (χ2v) is 3.51. The highest BCUT2D eigenvalue weighted by molar-refractivity contribution is 5.90. The minimum absolute atomic E-state index is 0.157. The molecule has 72 valence electrons. The maximum atomic E-state index is 11.1. The first kappa shape index (κ1) is 9.00. The van der Waals surface area contributed by atoms with Crippen LogP contribution in [0.5, 0.6) is 0 Å². The van der Waals surface area contributed by atoms with E-state index in [2.05, 4.69) is 18.7 Å². The molecule has 0 amide bonds. The first-order valence-electron chi connectivity index (χ1n) is 4.67. The minimum Gasteiger partial charge on any atom is -0.462 e. The summed E-state index contributed by atoms with van der Waals surface area (Å²) in [5.41, 5.74) is 1.82. The standard InChI is InChI=1S/C12H12O2/c1-9-11(8-14-12(9)13)7-10-5-3-2-4-6-10/h2-6,11H,1,7-8H2/t11-/m0/s1. The van der Waals surface area contributed by atoms with E-state index in [4.69, 9.17) is 4.74 Å². The molecule has 0 unspecified atom stereocenters. The van der Waals surface area contributed by atoms with E-state index in [1.807, 2.05) is 18.2 Å². The van der Waals surface area contributed by atoms with E-state index >= 15 is 0 Å². The first-order valence-corrected chi connectivity index (χ1v) is 4.67. The van der Waals surface area contributed by atoms with E-state index in [9.17, 15) is 4.79 Å². The summed E-state index contributed by atoms with van der Waals surface area (Å²) in [6.45, 7) is 4.22. The highest BCUT2D eigenvalue weighted by Crippen LogP contribution is 2.23. The molecule has 0 radical (unpaired) electrons. The maximum absolute atomic E-state index is 11.1. The fraction of sp³-hybridized carbons (Fsp3) is 0.250. The summed E-state index contributed by atoms with van der Waals surface area (Å²) in [6.07, 6.45) is 0.839. The van der Waals surface area contributed by atoms with Gasteiger partial charge in [0.05, 0.1) is 6.61 Å². The molecule has 14 heavy (non-hydrogen) atoms. The molecular formula is C12H12O2. The Morgan fingerprint density at radius 1 is 1.36 bits per heavy atom. The van der Waals surface area contributed by atoms with Crippen LogP contribution in [-0.2, 0) is 16.0 Å². The van der Waals surface area contributed by atoms with Gasteiger partial charge in [0.2, 0.25) is 0 Å². The van der Waals surface area contributed by atoms with Crippen LogP contribution in [0.15, 0.2) is 42.5 Å². The van der Waals surface area contributed by atoms with Crippen LogP contribution in [0.4, 0.5) is 0 Å². The molecule has 0 bridgehead atoms. The molecule has 1 saturated heterocycles. The van der Waals surface area contributed by atoms with E-state index < -0.39 is 0 Å². The van der Waals surface area contributed by atoms with E-state index in [1.165, 1.54) is 5.56 Å². The lowest BCUT2D eigenvalue weighted by molar-refractivity contribution is -0.135. The molecule has 1 aromatic carbocycles. The average molecular weight is 188 g/mol. The molecule has 0 aliphatic carbocycles. The van der Waals surface area contributed by atoms with Gasteiger partial charge in [-0.05, 0) is 12.0 Å². The Labute approximate surface area is 83.2 Å². The summed E-state index contributed by atoms with van der Waals surface area (Å²) < 4.78 is 4.91. The summed E-state index contributed by atoms with van der Waals surface area (Å²) in [7, 11) is 0. The van der Waals surface area contributed by atoms with Crippen molar-refractivity contribution in [2.75, 3.05) is 6.61 Å². The van der Waals surface area contributed by atoms with Gasteiger partial charge in [-0.15, -0.1) is 0 Å². The number of hydrogen-bond acceptors (Lipinski definition) is 2. The van der Waals surface area contributed by atoms with Gasteiger partial charge in [-0.25, -0.2) is 4.79 Å². The number of carbonyl (C=O) groups is 1. The Balaban J connectivity index is 2.06. The van der Waals surface area contributed by atoms with Crippen LogP contribution >= 0.6 is 0 Å². The predicted molar refractivity (Wildman–Crippen MR) is 53.7 cm³/mol. The van der Waals surface area contributed by atoms with Gasteiger partial charge in [-0.3, -0.25) is 0 Å². The average Bonchev–Trinajstić information content (AvgIpc) is 2.52. The molecule has 1 aliphatic heterocycles.